The molecule has 0 bridgehead atoms. The normalized spacial score (nSPS) is 8.58. The van der Waals surface area contributed by atoms with Crippen molar-refractivity contribution < 1.29 is 9.50 Å². The molecule has 1 aromatic rings. The van der Waals surface area contributed by atoms with E-state index in [-0.39, 0.29) is 12.4 Å². The number of benzene rings is 1. The SMILES string of the molecule is CNCCO.Fc1ccccc1. The molecule has 12 heavy (non-hydrogen) atoms. The van der Waals surface area contributed by atoms with Gasteiger partial charge in [0, 0.05) is 6.54 Å². The smallest absolute Gasteiger partial charge is 0.123 e. The summed E-state index contributed by atoms with van der Waals surface area (Å²) in [4.78, 5) is 0. The molecule has 0 spiro atoms. The van der Waals surface area contributed by atoms with Crippen molar-refractivity contribution in [1.29, 1.82) is 0 Å². The molecule has 0 saturated carbocycles. The first-order chi connectivity index (χ1) is 5.81. The van der Waals surface area contributed by atoms with Gasteiger partial charge in [0.15, 0.2) is 0 Å². The molecule has 0 heterocycles. The maximum atomic E-state index is 11.9. The molecule has 2 nitrogen and oxygen atoms in total. The molecular formula is C9H14FNO. The Labute approximate surface area is 72.0 Å². The molecule has 0 fully saturated rings. The van der Waals surface area contributed by atoms with Gasteiger partial charge in [0.1, 0.15) is 5.82 Å². The second-order valence-corrected chi connectivity index (χ2v) is 2.12. The molecule has 0 aliphatic rings. The van der Waals surface area contributed by atoms with Crippen LogP contribution in [0.5, 0.6) is 0 Å². The van der Waals surface area contributed by atoms with E-state index in [0.717, 1.165) is 0 Å². The summed E-state index contributed by atoms with van der Waals surface area (Å²) in [7, 11) is 1.80. The fourth-order valence-electron chi connectivity index (χ4n) is 0.526. The summed E-state index contributed by atoms with van der Waals surface area (Å²) in [6.07, 6.45) is 0. The molecule has 1 rings (SSSR count). The number of likely N-dealkylation sites (N-methyl/N-ethyl adjacent to an activating group) is 1. The minimum Gasteiger partial charge on any atom is -0.395 e. The van der Waals surface area contributed by atoms with E-state index in [1.165, 1.54) is 12.1 Å². The molecule has 0 atom stereocenters. The van der Waals surface area contributed by atoms with Crippen LogP contribution in [0.1, 0.15) is 0 Å². The van der Waals surface area contributed by atoms with Crippen molar-refractivity contribution in [2.24, 2.45) is 0 Å². The zero-order valence-corrected chi connectivity index (χ0v) is 7.13. The third-order valence-electron chi connectivity index (χ3n) is 1.09. The van der Waals surface area contributed by atoms with Crippen molar-refractivity contribution in [3.63, 3.8) is 0 Å². The van der Waals surface area contributed by atoms with Gasteiger partial charge >= 0.3 is 0 Å². The molecule has 1 aromatic carbocycles. The lowest BCUT2D eigenvalue weighted by Gasteiger charge is -1.84. The molecule has 0 aliphatic carbocycles. The van der Waals surface area contributed by atoms with Gasteiger partial charge in [-0.3, -0.25) is 0 Å². The first kappa shape index (κ1) is 11.1. The fourth-order valence-corrected chi connectivity index (χ4v) is 0.526. The topological polar surface area (TPSA) is 32.3 Å². The third-order valence-corrected chi connectivity index (χ3v) is 1.09. The number of rotatable bonds is 2. The van der Waals surface area contributed by atoms with Gasteiger partial charge in [0.2, 0.25) is 0 Å². The number of aliphatic hydroxyl groups excluding tert-OH is 1. The Morgan fingerprint density at radius 2 is 1.92 bits per heavy atom. The van der Waals surface area contributed by atoms with Crippen LogP contribution in [0.4, 0.5) is 4.39 Å². The summed E-state index contributed by atoms with van der Waals surface area (Å²) in [5, 5.41) is 10.8. The van der Waals surface area contributed by atoms with Crippen LogP contribution < -0.4 is 5.32 Å². The molecule has 0 saturated heterocycles. The maximum absolute atomic E-state index is 11.9. The molecular weight excluding hydrogens is 157 g/mol. The van der Waals surface area contributed by atoms with Crippen LogP contribution >= 0.6 is 0 Å². The Balaban J connectivity index is 0.000000217. The van der Waals surface area contributed by atoms with Crippen LogP contribution in [0.2, 0.25) is 0 Å². The Hall–Kier alpha value is -0.930. The predicted octanol–water partition coefficient (Wildman–Crippen LogP) is 1.02. The highest BCUT2D eigenvalue weighted by atomic mass is 19.1. The van der Waals surface area contributed by atoms with Crippen LogP contribution in [-0.2, 0) is 0 Å². The van der Waals surface area contributed by atoms with Gasteiger partial charge in [0.05, 0.1) is 6.61 Å². The Bertz CT molecular complexity index is 177. The van der Waals surface area contributed by atoms with E-state index in [9.17, 15) is 4.39 Å². The van der Waals surface area contributed by atoms with Gasteiger partial charge in [-0.15, -0.1) is 0 Å². The van der Waals surface area contributed by atoms with Gasteiger partial charge in [-0.2, -0.15) is 0 Å². The number of aliphatic hydroxyl groups is 1. The van der Waals surface area contributed by atoms with Crippen LogP contribution in [0.25, 0.3) is 0 Å². The standard InChI is InChI=1S/C6H5F.C3H9NO/c7-6-4-2-1-3-5-6;1-4-2-3-5/h1-5H;4-5H,2-3H2,1H3. The van der Waals surface area contributed by atoms with E-state index in [1.807, 2.05) is 0 Å². The minimum atomic E-state index is -0.178. The molecule has 0 aromatic heterocycles. The molecule has 0 radical (unpaired) electrons. The van der Waals surface area contributed by atoms with Crippen molar-refractivity contribution in [2.75, 3.05) is 20.2 Å². The van der Waals surface area contributed by atoms with Crippen molar-refractivity contribution in [1.82, 2.24) is 5.32 Å². The minimum absolute atomic E-state index is 0.178. The average Bonchev–Trinajstić information content (AvgIpc) is 2.08. The zero-order valence-electron chi connectivity index (χ0n) is 7.13. The van der Waals surface area contributed by atoms with Gasteiger partial charge in [-0.1, -0.05) is 18.2 Å². The third kappa shape index (κ3) is 7.18. The fraction of sp³-hybridized carbons (Fsp3) is 0.333. The average molecular weight is 171 g/mol. The molecule has 0 unspecified atom stereocenters. The van der Waals surface area contributed by atoms with Crippen molar-refractivity contribution in [3.05, 3.63) is 36.1 Å². The van der Waals surface area contributed by atoms with Gasteiger partial charge in [-0.05, 0) is 19.2 Å². The summed E-state index contributed by atoms with van der Waals surface area (Å²) in [6, 6.07) is 7.94. The van der Waals surface area contributed by atoms with Crippen molar-refractivity contribution in [2.45, 2.75) is 0 Å². The van der Waals surface area contributed by atoms with Crippen LogP contribution in [-0.4, -0.2) is 25.3 Å². The highest BCUT2D eigenvalue weighted by molar-refractivity contribution is 5.02. The van der Waals surface area contributed by atoms with Crippen molar-refractivity contribution in [3.8, 4) is 0 Å². The number of hydrogen-bond donors (Lipinski definition) is 2. The van der Waals surface area contributed by atoms with E-state index < -0.39 is 0 Å². The predicted molar refractivity (Wildman–Crippen MR) is 47.4 cm³/mol. The lowest BCUT2D eigenvalue weighted by atomic mass is 10.4. The van der Waals surface area contributed by atoms with Gasteiger partial charge < -0.3 is 10.4 Å². The Morgan fingerprint density at radius 1 is 1.33 bits per heavy atom. The molecule has 0 amide bonds. The summed E-state index contributed by atoms with van der Waals surface area (Å²) in [5.74, 6) is -0.178. The largest absolute Gasteiger partial charge is 0.395 e. The summed E-state index contributed by atoms with van der Waals surface area (Å²) < 4.78 is 11.9. The number of halogens is 1. The first-order valence-corrected chi connectivity index (χ1v) is 3.77. The van der Waals surface area contributed by atoms with E-state index in [2.05, 4.69) is 5.32 Å². The van der Waals surface area contributed by atoms with E-state index in [0.29, 0.717) is 6.54 Å². The van der Waals surface area contributed by atoms with Crippen molar-refractivity contribution >= 4 is 0 Å². The van der Waals surface area contributed by atoms with Gasteiger partial charge in [0.25, 0.3) is 0 Å². The molecule has 3 heteroatoms. The second-order valence-electron chi connectivity index (χ2n) is 2.12. The van der Waals surface area contributed by atoms with E-state index in [4.69, 9.17) is 5.11 Å². The lowest BCUT2D eigenvalue weighted by Crippen LogP contribution is -2.10. The highest BCUT2D eigenvalue weighted by Gasteiger charge is 1.77. The number of nitrogens with one attached hydrogen (secondary N) is 1. The zero-order chi connectivity index (χ0) is 9.23. The summed E-state index contributed by atoms with van der Waals surface area (Å²) in [5.41, 5.74) is 0. The Kier molecular flexibility index (Phi) is 7.54. The van der Waals surface area contributed by atoms with E-state index in [1.54, 1.807) is 25.2 Å². The first-order valence-electron chi connectivity index (χ1n) is 3.77. The second kappa shape index (κ2) is 8.17. The molecule has 0 aliphatic heterocycles. The van der Waals surface area contributed by atoms with Crippen LogP contribution in [0, 0.1) is 5.82 Å². The number of hydrogen-bond acceptors (Lipinski definition) is 2. The maximum Gasteiger partial charge on any atom is 0.123 e. The van der Waals surface area contributed by atoms with Crippen LogP contribution in [0.3, 0.4) is 0 Å². The van der Waals surface area contributed by atoms with Crippen LogP contribution in [0.15, 0.2) is 30.3 Å². The lowest BCUT2D eigenvalue weighted by molar-refractivity contribution is 0.296. The highest BCUT2D eigenvalue weighted by Crippen LogP contribution is 1.91. The summed E-state index contributed by atoms with van der Waals surface area (Å²) in [6.45, 7) is 0.927. The quantitative estimate of drug-likeness (QED) is 0.696. The molecule has 2 N–H and O–H groups in total. The molecule has 68 valence electrons. The van der Waals surface area contributed by atoms with E-state index >= 15 is 0 Å². The summed E-state index contributed by atoms with van der Waals surface area (Å²) >= 11 is 0. The monoisotopic (exact) mass is 171 g/mol. The Morgan fingerprint density at radius 3 is 2.08 bits per heavy atom. The van der Waals surface area contributed by atoms with Gasteiger partial charge in [-0.25, -0.2) is 4.39 Å².